The summed E-state index contributed by atoms with van der Waals surface area (Å²) < 4.78 is 107. The van der Waals surface area contributed by atoms with Gasteiger partial charge in [-0.25, -0.2) is 56.8 Å². The van der Waals surface area contributed by atoms with Gasteiger partial charge in [0.25, 0.3) is 23.6 Å². The first-order valence-electron chi connectivity index (χ1n) is 44.4. The largest absolute Gasteiger partial charge is 0.490 e. The van der Waals surface area contributed by atoms with Crippen molar-refractivity contribution in [3.63, 3.8) is 0 Å². The maximum absolute atomic E-state index is 15.4. The van der Waals surface area contributed by atoms with Gasteiger partial charge in [0.15, 0.2) is 23.3 Å². The number of halogens is 10. The molecule has 0 aliphatic heterocycles. The molecule has 0 saturated carbocycles. The van der Waals surface area contributed by atoms with Crippen molar-refractivity contribution in [1.82, 2.24) is 52.7 Å². The zero-order chi connectivity index (χ0) is 103. The van der Waals surface area contributed by atoms with Gasteiger partial charge in [-0.15, -0.1) is 0 Å². The predicted molar refractivity (Wildman–Crippen MR) is 541 cm³/mol. The molecular weight excluding hydrogens is 1910 g/mol. The molecule has 0 saturated heterocycles. The Labute approximate surface area is 830 Å². The van der Waals surface area contributed by atoms with E-state index in [1.165, 1.54) is 36.4 Å². The lowest BCUT2D eigenvalue weighted by Gasteiger charge is -2.23. The summed E-state index contributed by atoms with van der Waals surface area (Å²) in [5, 5.41) is 18.2. The van der Waals surface area contributed by atoms with Crippen LogP contribution in [0.2, 0.25) is 25.1 Å². The van der Waals surface area contributed by atoms with Gasteiger partial charge in [0, 0.05) is 112 Å². The van der Waals surface area contributed by atoms with Crippen LogP contribution in [0.4, 0.5) is 62.2 Å². The van der Waals surface area contributed by atoms with Gasteiger partial charge in [0.05, 0.1) is 73.0 Å². The van der Waals surface area contributed by atoms with Crippen molar-refractivity contribution < 1.29 is 60.1 Å². The number of carbonyl (C=O) groups excluding carboxylic acids is 4. The van der Waals surface area contributed by atoms with Crippen LogP contribution in [0, 0.1) is 83.0 Å². The van der Waals surface area contributed by atoms with E-state index in [1.54, 1.807) is 152 Å². The Bertz CT molecular complexity index is 7070. The smallest absolute Gasteiger partial charge is 0.262 e. The Morgan fingerprint density at radius 3 is 0.971 bits per heavy atom. The van der Waals surface area contributed by atoms with E-state index in [1.807, 2.05) is 121 Å². The molecule has 4 atom stereocenters. The minimum atomic E-state index is -0.981. The summed E-state index contributed by atoms with van der Waals surface area (Å²) in [6.45, 7) is 34.4. The van der Waals surface area contributed by atoms with Gasteiger partial charge in [-0.3, -0.25) is 37.8 Å². The molecule has 0 fully saturated rings. The van der Waals surface area contributed by atoms with E-state index >= 15 is 17.6 Å². The average Bonchev–Trinajstić information content (AvgIpc) is 1.45. The predicted octanol–water partition coefficient (Wildman–Crippen LogP) is 23.5. The molecule has 0 radical (unpaired) electrons. The molecular formula is C102H106Cl5F5N20O8. The third-order valence-electron chi connectivity index (χ3n) is 22.6. The van der Waals surface area contributed by atoms with Crippen molar-refractivity contribution >= 4 is 144 Å². The van der Waals surface area contributed by atoms with E-state index in [4.69, 9.17) is 115 Å². The fourth-order valence-electron chi connectivity index (χ4n) is 16.3. The number of nitrogens with one attached hydrogen (secondary N) is 5. The number of nitrogens with zero attached hydrogens (tertiary/aromatic N) is 11. The molecule has 8 aromatic carbocycles. The standard InChI is InChI=1S/2C26H27ClFN5O2.C25H24Cl2FN5O2.C25H28ClF2N5O2/c2*1-13(2)35-23-18(15(4)25-31-16(5)22-24(29)30-9-10-33(22)25)12-19(27)21(28)20(23)26(34)32-17-8-6-7-14(3)11-17;1-12(2)35-22-17(13(3)24-31-14(4)21-23(29)30-9-10-33(21)24)11-18(27)20(28)19(22)25(34)32-16-7-5-15(26)6-8-16;1-11(2)35-22-15(13(4)24-31-14(5)21(23(29)30)33(24)6)10-16(26)19(28)18(22)25(34)32-20-12(3)8-7-9-17(20)27/h2*6-13,15H,1-5H3,(H2,29,30)(H,32,34);5-13H,1-4H3,(H2,29,30)(H,32,34);7-11,13H,1-6H3,(H3,29,30)(H,32,34). The minimum Gasteiger partial charge on any atom is -0.490 e. The fourth-order valence-corrected chi connectivity index (χ4v) is 17.3. The molecule has 15 rings (SSSR count). The van der Waals surface area contributed by atoms with Crippen LogP contribution < -0.4 is 63.1 Å². The molecule has 38 heteroatoms. The summed E-state index contributed by atoms with van der Waals surface area (Å²) in [4.78, 5) is 84.3. The maximum atomic E-state index is 15.4. The molecule has 0 spiro atoms. The molecule has 28 nitrogen and oxygen atoms in total. The van der Waals surface area contributed by atoms with Crippen LogP contribution in [0.1, 0.15) is 239 Å². The zero-order valence-corrected chi connectivity index (χ0v) is 84.1. The number of aryl methyl sites for hydroxylation is 7. The van der Waals surface area contributed by atoms with Gasteiger partial charge in [0.1, 0.15) is 120 Å². The van der Waals surface area contributed by atoms with E-state index < -0.39 is 88.1 Å². The quantitative estimate of drug-likeness (QED) is 0.0146. The van der Waals surface area contributed by atoms with E-state index in [9.17, 15) is 23.6 Å². The first-order chi connectivity index (χ1) is 66.1. The monoisotopic (exact) mass is 2010 g/mol. The van der Waals surface area contributed by atoms with Crippen molar-refractivity contribution in [3.8, 4) is 23.0 Å². The lowest BCUT2D eigenvalue weighted by molar-refractivity contribution is 0.100. The van der Waals surface area contributed by atoms with Crippen LogP contribution in [-0.2, 0) is 7.05 Å². The highest BCUT2D eigenvalue weighted by Gasteiger charge is 2.37. The number of hydrogen-bond donors (Lipinski definition) is 9. The molecule has 7 aromatic heterocycles. The molecule has 0 aliphatic carbocycles. The maximum Gasteiger partial charge on any atom is 0.262 e. The number of imidazole rings is 4. The highest BCUT2D eigenvalue weighted by Crippen LogP contribution is 2.47. The Balaban J connectivity index is 0.000000167. The number of anilines is 7. The number of fused-ring (bicyclic) bond motifs is 3. The van der Waals surface area contributed by atoms with Crippen LogP contribution in [0.5, 0.6) is 23.0 Å². The van der Waals surface area contributed by atoms with Crippen molar-refractivity contribution in [2.45, 2.75) is 180 Å². The minimum absolute atomic E-state index is 0.0223. The number of nitrogen functional groups attached to an aromatic ring is 4. The summed E-state index contributed by atoms with van der Waals surface area (Å²) in [6.07, 6.45) is 8.60. The number of aromatic nitrogens is 11. The number of hydrogen-bond acceptors (Lipinski definition) is 19. The number of amides is 4. The molecule has 0 aliphatic rings. The van der Waals surface area contributed by atoms with Crippen LogP contribution in [0.3, 0.4) is 0 Å². The van der Waals surface area contributed by atoms with Crippen LogP contribution >= 0.6 is 58.0 Å². The van der Waals surface area contributed by atoms with Crippen LogP contribution in [0.15, 0.2) is 152 Å². The van der Waals surface area contributed by atoms with Crippen molar-refractivity contribution in [3.05, 3.63) is 320 Å². The number of ether oxygens (including phenoxy) is 4. The molecule has 4 unspecified atom stereocenters. The summed E-state index contributed by atoms with van der Waals surface area (Å²) >= 11 is 31.1. The topological polar surface area (TPSA) is 390 Å². The Morgan fingerprint density at radius 2 is 0.679 bits per heavy atom. The fraction of sp³-hybridized carbons (Fsp3) is 0.275. The molecule has 0 bridgehead atoms. The summed E-state index contributed by atoms with van der Waals surface area (Å²) in [5.41, 5.74) is 33.7. The summed E-state index contributed by atoms with van der Waals surface area (Å²) in [5.74, 6) is -5.31. The van der Waals surface area contributed by atoms with Crippen molar-refractivity contribution in [2.24, 2.45) is 12.8 Å². The van der Waals surface area contributed by atoms with Crippen LogP contribution in [0.25, 0.3) is 16.6 Å². The second-order valence-electron chi connectivity index (χ2n) is 34.5. The highest BCUT2D eigenvalue weighted by molar-refractivity contribution is 6.33. The molecule has 13 N–H and O–H groups in total. The van der Waals surface area contributed by atoms with E-state index in [0.717, 1.165) is 11.1 Å². The second-order valence-corrected chi connectivity index (χ2v) is 36.6. The third kappa shape index (κ3) is 22.6. The Kier molecular flexibility index (Phi) is 32.9. The van der Waals surface area contributed by atoms with Crippen molar-refractivity contribution in [2.75, 3.05) is 38.5 Å². The molecule has 732 valence electrons. The second kappa shape index (κ2) is 43.9. The number of carbonyl (C=O) groups is 4. The Hall–Kier alpha value is -14.1. The average molecular weight is 2010 g/mol. The van der Waals surface area contributed by atoms with Gasteiger partial charge in [0.2, 0.25) is 0 Å². The lowest BCUT2D eigenvalue weighted by Crippen LogP contribution is -2.21. The van der Waals surface area contributed by atoms with Crippen LogP contribution in [-0.4, -0.2) is 107 Å². The summed E-state index contributed by atoms with van der Waals surface area (Å²) in [6, 6.07) is 31.2. The van der Waals surface area contributed by atoms with Gasteiger partial charge < -0.3 is 67.7 Å². The number of benzene rings is 8. The number of para-hydroxylation sites is 1. The van der Waals surface area contributed by atoms with Gasteiger partial charge >= 0.3 is 0 Å². The Morgan fingerprint density at radius 1 is 0.386 bits per heavy atom. The first-order valence-corrected chi connectivity index (χ1v) is 46.3. The first kappa shape index (κ1) is 105. The van der Waals surface area contributed by atoms with Gasteiger partial charge in [-0.05, 0) is 199 Å². The zero-order valence-electron chi connectivity index (χ0n) is 80.3. The molecule has 140 heavy (non-hydrogen) atoms. The van der Waals surface area contributed by atoms with Crippen molar-refractivity contribution in [1.29, 1.82) is 5.41 Å². The molecule has 7 heterocycles. The third-order valence-corrected chi connectivity index (χ3v) is 23.9. The van der Waals surface area contributed by atoms with Gasteiger partial charge in [-0.2, -0.15) is 0 Å². The molecule has 4 amide bonds. The van der Waals surface area contributed by atoms with E-state index in [-0.39, 0.29) is 89.6 Å². The lowest BCUT2D eigenvalue weighted by atomic mass is 9.95. The SMILES string of the molecule is Cc1cccc(F)c1NC(=O)c1c(F)c(Cl)cc(C(C)c2nc(C)c(C(=N)N)n2C)c1OC(C)C.Cc1cccc(NC(=O)c2c(F)c(Cl)cc(C(C)c3nc(C)c4c(N)nccn34)c2OC(C)C)c1.Cc1cccc(NC(=O)c2c(F)c(Cl)cc(C(C)c3nc(C)c4c(N)nccn34)c2OC(C)C)c1.Cc1nc(C(C)c2cc(Cl)c(F)c(C(=O)Nc3ccc(Cl)cc3)c2OC(C)C)n2ccnc(N)c12. The van der Waals surface area contributed by atoms with Gasteiger partial charge in [-0.1, -0.05) is 122 Å². The van der Waals surface area contributed by atoms with E-state index in [0.29, 0.717) is 136 Å². The summed E-state index contributed by atoms with van der Waals surface area (Å²) in [7, 11) is 1.71. The molecule has 15 aromatic rings. The number of nitrogens with two attached hydrogens (primary N) is 4. The number of rotatable bonds is 25. The highest BCUT2D eigenvalue weighted by atomic mass is 35.5. The van der Waals surface area contributed by atoms with E-state index in [2.05, 4.69) is 46.2 Å². The number of amidine groups is 1. The normalized spacial score (nSPS) is 12.2.